The van der Waals surface area contributed by atoms with Crippen molar-refractivity contribution in [2.45, 2.75) is 25.4 Å². The number of alkyl halides is 1. The summed E-state index contributed by atoms with van der Waals surface area (Å²) in [5.74, 6) is 3.12. The fraction of sp³-hybridized carbons (Fsp3) is 0.333. The van der Waals surface area contributed by atoms with Crippen LogP contribution in [0.15, 0.2) is 36.4 Å². The third-order valence-electron chi connectivity index (χ3n) is 3.00. The van der Waals surface area contributed by atoms with Crippen molar-refractivity contribution in [3.63, 3.8) is 0 Å². The molecule has 0 spiro atoms. The van der Waals surface area contributed by atoms with E-state index in [1.807, 2.05) is 24.3 Å². The molecular formula is C18H21IO2. The van der Waals surface area contributed by atoms with Gasteiger partial charge >= 0.3 is 0 Å². The topological polar surface area (TPSA) is 29.5 Å². The lowest BCUT2D eigenvalue weighted by Crippen LogP contribution is -1.97. The van der Waals surface area contributed by atoms with Crippen LogP contribution in [0.2, 0.25) is 0 Å². The maximum atomic E-state index is 9.42. The third-order valence-corrected chi connectivity index (χ3v) is 3.62. The number of ether oxygens (including phenoxy) is 1. The van der Waals surface area contributed by atoms with Crippen molar-refractivity contribution in [3.8, 4) is 18.1 Å². The molecule has 2 nitrogen and oxygen atoms in total. The number of aliphatic hydroxyl groups excluding tert-OH is 1. The van der Waals surface area contributed by atoms with E-state index in [2.05, 4.69) is 40.7 Å². The number of aliphatic hydroxyl groups is 1. The lowest BCUT2D eigenvalue weighted by atomic mass is 10.0. The van der Waals surface area contributed by atoms with Crippen LogP contribution in [0, 0.1) is 12.3 Å². The predicted octanol–water partition coefficient (Wildman–Crippen LogP) is 4.02. The Hall–Kier alpha value is -1.25. The van der Waals surface area contributed by atoms with Crippen molar-refractivity contribution in [1.29, 1.82) is 0 Å². The molecule has 1 N–H and O–H groups in total. The Morgan fingerprint density at radius 1 is 1.38 bits per heavy atom. The van der Waals surface area contributed by atoms with Crippen LogP contribution in [0.25, 0.3) is 6.08 Å². The van der Waals surface area contributed by atoms with Crippen molar-refractivity contribution < 1.29 is 9.84 Å². The number of terminal acetylenes is 1. The molecule has 1 aromatic rings. The highest BCUT2D eigenvalue weighted by Crippen LogP contribution is 2.21. The zero-order chi connectivity index (χ0) is 15.5. The lowest BCUT2D eigenvalue weighted by Gasteiger charge is -2.08. The number of benzene rings is 1. The maximum Gasteiger partial charge on any atom is 0.133 e. The van der Waals surface area contributed by atoms with Crippen molar-refractivity contribution >= 4 is 28.7 Å². The quantitative estimate of drug-likeness (QED) is 0.311. The number of rotatable bonds is 8. The highest BCUT2D eigenvalue weighted by atomic mass is 127. The highest BCUT2D eigenvalue weighted by molar-refractivity contribution is 14.1. The van der Waals surface area contributed by atoms with Crippen LogP contribution < -0.4 is 4.74 Å². The normalized spacial score (nSPS) is 12.7. The first kappa shape index (κ1) is 17.8. The molecule has 0 amide bonds. The fourth-order valence-corrected chi connectivity index (χ4v) is 2.24. The molecule has 3 heteroatoms. The Kier molecular flexibility index (Phi) is 8.88. The van der Waals surface area contributed by atoms with Gasteiger partial charge in [-0.3, -0.25) is 0 Å². The van der Waals surface area contributed by atoms with E-state index < -0.39 is 6.10 Å². The first-order valence-electron chi connectivity index (χ1n) is 6.91. The second-order valence-corrected chi connectivity index (χ2v) is 5.60. The average Bonchev–Trinajstić information content (AvgIpc) is 2.52. The van der Waals surface area contributed by atoms with Gasteiger partial charge in [-0.25, -0.2) is 0 Å². The van der Waals surface area contributed by atoms with Crippen LogP contribution >= 0.6 is 22.6 Å². The van der Waals surface area contributed by atoms with E-state index in [1.54, 1.807) is 13.2 Å². The Labute approximate surface area is 141 Å². The number of allylic oxidation sites excluding steroid dienone is 2. The van der Waals surface area contributed by atoms with E-state index in [0.29, 0.717) is 0 Å². The molecule has 0 aromatic heterocycles. The summed E-state index contributed by atoms with van der Waals surface area (Å²) in [5, 5.41) is 9.42. The molecule has 0 aliphatic carbocycles. The van der Waals surface area contributed by atoms with Crippen LogP contribution in [-0.4, -0.2) is 22.7 Å². The SMILES string of the molecule is C#CC(O)/C=C/c1ccc(OC)cc1CC/C=C\CCI. The van der Waals surface area contributed by atoms with E-state index in [1.165, 1.54) is 5.56 Å². The van der Waals surface area contributed by atoms with E-state index >= 15 is 0 Å². The molecule has 0 bridgehead atoms. The Balaban J connectivity index is 2.82. The summed E-state index contributed by atoms with van der Waals surface area (Å²) in [7, 11) is 1.66. The minimum absolute atomic E-state index is 0.843. The summed E-state index contributed by atoms with van der Waals surface area (Å²) >= 11 is 2.37. The van der Waals surface area contributed by atoms with Crippen LogP contribution in [-0.2, 0) is 6.42 Å². The summed E-state index contributed by atoms with van der Waals surface area (Å²) < 4.78 is 6.42. The van der Waals surface area contributed by atoms with Gasteiger partial charge in [-0.15, -0.1) is 6.42 Å². The summed E-state index contributed by atoms with van der Waals surface area (Å²) in [4.78, 5) is 0. The second kappa shape index (κ2) is 10.5. The summed E-state index contributed by atoms with van der Waals surface area (Å²) in [6.45, 7) is 0. The number of methoxy groups -OCH3 is 1. The molecule has 0 aliphatic heterocycles. The van der Waals surface area contributed by atoms with E-state index in [0.717, 1.165) is 35.0 Å². The van der Waals surface area contributed by atoms with Gasteiger partial charge in [0.1, 0.15) is 11.9 Å². The number of hydrogen-bond donors (Lipinski definition) is 1. The zero-order valence-corrected chi connectivity index (χ0v) is 14.4. The molecule has 1 unspecified atom stereocenters. The molecule has 0 saturated heterocycles. The number of halogens is 1. The molecule has 112 valence electrons. The smallest absolute Gasteiger partial charge is 0.133 e. The van der Waals surface area contributed by atoms with Crippen molar-refractivity contribution in [2.75, 3.05) is 11.5 Å². The molecule has 1 aromatic carbocycles. The second-order valence-electron chi connectivity index (χ2n) is 4.52. The van der Waals surface area contributed by atoms with Gasteiger partial charge < -0.3 is 9.84 Å². The minimum atomic E-state index is -0.844. The van der Waals surface area contributed by atoms with Gasteiger partial charge in [-0.1, -0.05) is 52.8 Å². The van der Waals surface area contributed by atoms with Gasteiger partial charge in [0.15, 0.2) is 0 Å². The number of hydrogen-bond acceptors (Lipinski definition) is 2. The van der Waals surface area contributed by atoms with E-state index in [-0.39, 0.29) is 0 Å². The molecule has 0 aliphatic rings. The Morgan fingerprint density at radius 3 is 2.81 bits per heavy atom. The van der Waals surface area contributed by atoms with Gasteiger partial charge in [0.2, 0.25) is 0 Å². The molecule has 0 saturated carbocycles. The molecule has 1 atom stereocenters. The third kappa shape index (κ3) is 6.83. The summed E-state index contributed by atoms with van der Waals surface area (Å²) in [6.07, 6.45) is 15.3. The molecule has 0 radical (unpaired) electrons. The Morgan fingerprint density at radius 2 is 2.14 bits per heavy atom. The van der Waals surface area contributed by atoms with Crippen molar-refractivity contribution in [3.05, 3.63) is 47.6 Å². The lowest BCUT2D eigenvalue weighted by molar-refractivity contribution is 0.282. The van der Waals surface area contributed by atoms with Crippen LogP contribution in [0.1, 0.15) is 24.0 Å². The van der Waals surface area contributed by atoms with Gasteiger partial charge in [0.25, 0.3) is 0 Å². The van der Waals surface area contributed by atoms with Crippen LogP contribution in [0.3, 0.4) is 0 Å². The van der Waals surface area contributed by atoms with Gasteiger partial charge in [0, 0.05) is 4.43 Å². The van der Waals surface area contributed by atoms with Gasteiger partial charge in [0.05, 0.1) is 7.11 Å². The first-order chi connectivity index (χ1) is 10.2. The Bertz CT molecular complexity index is 527. The predicted molar refractivity (Wildman–Crippen MR) is 97.8 cm³/mol. The maximum absolute atomic E-state index is 9.42. The fourth-order valence-electron chi connectivity index (χ4n) is 1.88. The molecule has 0 fully saturated rings. The average molecular weight is 396 g/mol. The molecule has 1 rings (SSSR count). The van der Waals surface area contributed by atoms with Crippen LogP contribution in [0.5, 0.6) is 5.75 Å². The zero-order valence-electron chi connectivity index (χ0n) is 12.3. The monoisotopic (exact) mass is 396 g/mol. The molecule has 21 heavy (non-hydrogen) atoms. The summed E-state index contributed by atoms with van der Waals surface area (Å²) in [5.41, 5.74) is 2.25. The molecule has 0 heterocycles. The van der Waals surface area contributed by atoms with Crippen molar-refractivity contribution in [1.82, 2.24) is 0 Å². The number of aryl methyl sites for hydroxylation is 1. The van der Waals surface area contributed by atoms with Gasteiger partial charge in [-0.05, 0) is 48.6 Å². The van der Waals surface area contributed by atoms with E-state index in [4.69, 9.17) is 11.2 Å². The largest absolute Gasteiger partial charge is 0.497 e. The standard InChI is InChI=1S/C18H21IO2/c1-3-17(20)11-9-15-10-12-18(21-2)14-16(15)8-6-4-5-7-13-19/h1,4-5,9-12,14,17,20H,6-8,13H2,2H3/b5-4-,11-9+. The highest BCUT2D eigenvalue weighted by Gasteiger charge is 2.02. The van der Waals surface area contributed by atoms with Crippen LogP contribution in [0.4, 0.5) is 0 Å². The summed E-state index contributed by atoms with van der Waals surface area (Å²) in [6, 6.07) is 5.94. The first-order valence-corrected chi connectivity index (χ1v) is 8.44. The minimum Gasteiger partial charge on any atom is -0.497 e. The van der Waals surface area contributed by atoms with Gasteiger partial charge in [-0.2, -0.15) is 0 Å². The van der Waals surface area contributed by atoms with E-state index in [9.17, 15) is 5.11 Å². The molecular weight excluding hydrogens is 375 g/mol. The van der Waals surface area contributed by atoms with Crippen molar-refractivity contribution in [2.24, 2.45) is 0 Å².